The van der Waals surface area contributed by atoms with E-state index in [1.807, 2.05) is 170 Å². The minimum Gasteiger partial charge on any atom is -0.457 e. The Morgan fingerprint density at radius 3 is 1.34 bits per heavy atom. The number of benzene rings is 8. The van der Waals surface area contributed by atoms with Gasteiger partial charge in [0.05, 0.1) is 44.2 Å². The first-order chi connectivity index (χ1) is 31.5. The number of hydrogen-bond acceptors (Lipinski definition) is 7. The van der Waals surface area contributed by atoms with Crippen LogP contribution < -0.4 is 9.47 Å². The number of hydrogen-bond donors (Lipinski definition) is 0. The Morgan fingerprint density at radius 2 is 0.859 bits per heavy atom. The average molecular weight is 870 g/mol. The normalized spacial score (nSPS) is 13.7. The number of imidazole rings is 1. The Labute approximate surface area is 379 Å². The lowest BCUT2D eigenvalue weighted by molar-refractivity contribution is 0.408. The quantitative estimate of drug-likeness (QED) is 0.177. The number of aliphatic imine (C=N–C) groups is 2. The number of azo groups is 1. The smallest absolute Gasteiger partial charge is 0.263 e. The van der Waals surface area contributed by atoms with Crippen molar-refractivity contribution in [2.75, 3.05) is 0 Å². The molecule has 8 bridgehead atoms. The molecule has 0 N–H and O–H groups in total. The molecule has 306 valence electrons. The maximum absolute atomic E-state index is 7.59. The summed E-state index contributed by atoms with van der Waals surface area (Å²) in [6.07, 6.45) is 0. The summed E-state index contributed by atoms with van der Waals surface area (Å²) in [6, 6.07) is 66.4. The highest BCUT2D eigenvalue weighted by atomic mass is 35.5. The molecular weight excluding hydrogens is 836 g/mol. The van der Waals surface area contributed by atoms with E-state index in [0.29, 0.717) is 78.5 Å². The van der Waals surface area contributed by atoms with E-state index >= 15 is 0 Å². The molecule has 10 heteroatoms. The van der Waals surface area contributed by atoms with Crippen molar-refractivity contribution in [2.45, 2.75) is 5.79 Å². The first-order valence-corrected chi connectivity index (χ1v) is 21.4. The van der Waals surface area contributed by atoms with Gasteiger partial charge in [-0.3, -0.25) is 4.57 Å². The van der Waals surface area contributed by atoms with E-state index in [1.165, 1.54) is 0 Å². The third kappa shape index (κ3) is 7.24. The molecule has 11 aliphatic rings. The van der Waals surface area contributed by atoms with E-state index in [4.69, 9.17) is 47.6 Å². The van der Waals surface area contributed by atoms with Crippen LogP contribution in [0.1, 0.15) is 16.7 Å². The predicted octanol–water partition coefficient (Wildman–Crippen LogP) is 15.2. The van der Waals surface area contributed by atoms with Crippen LogP contribution in [0.5, 0.6) is 23.0 Å². The summed E-state index contributed by atoms with van der Waals surface area (Å²) in [5, 5.41) is 9.62. The van der Waals surface area contributed by atoms with Gasteiger partial charge in [-0.25, -0.2) is 15.0 Å². The molecule has 0 amide bonds. The van der Waals surface area contributed by atoms with Crippen molar-refractivity contribution in [3.05, 3.63) is 233 Å². The van der Waals surface area contributed by atoms with Crippen molar-refractivity contribution in [2.24, 2.45) is 20.2 Å². The average Bonchev–Trinajstić information content (AvgIpc) is 3.94. The molecule has 0 aliphatic carbocycles. The summed E-state index contributed by atoms with van der Waals surface area (Å²) in [4.78, 5) is 17.1. The van der Waals surface area contributed by atoms with Crippen molar-refractivity contribution < 1.29 is 9.47 Å². The molecule has 0 fully saturated rings. The van der Waals surface area contributed by atoms with Crippen LogP contribution in [0, 0.1) is 0 Å². The number of nitrogens with zero attached hydrogens (tertiary/aromatic N) is 6. The summed E-state index contributed by atoms with van der Waals surface area (Å²) in [6.45, 7) is 0. The van der Waals surface area contributed by atoms with Crippen LogP contribution in [-0.2, 0) is 5.79 Å². The molecule has 12 heterocycles. The van der Waals surface area contributed by atoms with Crippen molar-refractivity contribution in [3.63, 3.8) is 0 Å². The molecule has 0 radical (unpaired) electrons. The molecule has 0 unspecified atom stereocenters. The van der Waals surface area contributed by atoms with Crippen molar-refractivity contribution >= 4 is 46.0 Å². The molecule has 11 aliphatic heterocycles. The second-order valence-corrected chi connectivity index (χ2v) is 16.0. The lowest BCUT2D eigenvalue weighted by Gasteiger charge is -2.31. The van der Waals surface area contributed by atoms with Gasteiger partial charge >= 0.3 is 0 Å². The molecule has 1 aromatic heterocycles. The van der Waals surface area contributed by atoms with Gasteiger partial charge in [-0.15, -0.1) is 0 Å². The molecular formula is C54H34Cl2N6O2. The van der Waals surface area contributed by atoms with Gasteiger partial charge in [-0.2, -0.15) is 10.2 Å². The van der Waals surface area contributed by atoms with E-state index in [-0.39, 0.29) is 0 Å². The fourth-order valence-electron chi connectivity index (χ4n) is 8.06. The Morgan fingerprint density at radius 1 is 0.422 bits per heavy atom. The Balaban J connectivity index is 1.26. The largest absolute Gasteiger partial charge is 0.457 e. The zero-order valence-corrected chi connectivity index (χ0v) is 35.4. The van der Waals surface area contributed by atoms with Gasteiger partial charge in [0.25, 0.3) is 5.79 Å². The molecule has 8 aromatic carbocycles. The van der Waals surface area contributed by atoms with Crippen LogP contribution in [-0.4, -0.2) is 21.0 Å². The summed E-state index contributed by atoms with van der Waals surface area (Å²) in [5.41, 5.74) is 8.90. The Hall–Kier alpha value is -7.91. The van der Waals surface area contributed by atoms with Gasteiger partial charge in [-0.05, 0) is 78.9 Å². The molecule has 1 spiro atoms. The monoisotopic (exact) mass is 868 g/mol. The van der Waals surface area contributed by atoms with Gasteiger partial charge in [0.2, 0.25) is 0 Å². The fraction of sp³-hybridized carbons (Fsp3) is 0.0185. The van der Waals surface area contributed by atoms with E-state index in [1.54, 1.807) is 12.1 Å². The lowest BCUT2D eigenvalue weighted by atomic mass is 10.0. The zero-order valence-electron chi connectivity index (χ0n) is 33.9. The van der Waals surface area contributed by atoms with Crippen LogP contribution in [0.4, 0.5) is 11.4 Å². The number of halogens is 2. The van der Waals surface area contributed by atoms with Crippen LogP contribution >= 0.6 is 23.2 Å². The highest BCUT2D eigenvalue weighted by Gasteiger charge is 2.46. The second-order valence-electron chi connectivity index (χ2n) is 15.2. The molecule has 0 saturated heterocycles. The summed E-state index contributed by atoms with van der Waals surface area (Å²) < 4.78 is 14.9. The van der Waals surface area contributed by atoms with E-state index in [0.717, 1.165) is 27.9 Å². The standard InChI is InChI=1S/C54H34Cl2N6O2/c55-47-33-43-29-31-45(47)53-57-51(37-17-9-3-10-18-37)52(38-19-11-4-12-20-38)62(53)54(58-49(35-13-5-1-6-14-35)50(59-54)36-15-7-2-8-16-36)46-32-30-44(34-48(46)56)64-42-27-23-40(24-28-42)61-60-39-21-25-41(63-43)26-22-39/h1-34H. The first-order valence-electron chi connectivity index (χ1n) is 20.6. The van der Waals surface area contributed by atoms with Crippen LogP contribution in [0.15, 0.2) is 226 Å². The fourth-order valence-corrected chi connectivity index (χ4v) is 8.62. The maximum atomic E-state index is 7.59. The van der Waals surface area contributed by atoms with Gasteiger partial charge in [0, 0.05) is 39.4 Å². The van der Waals surface area contributed by atoms with Gasteiger partial charge in [-0.1, -0.05) is 145 Å². The summed E-state index contributed by atoms with van der Waals surface area (Å²) >= 11 is 15.0. The van der Waals surface area contributed by atoms with Gasteiger partial charge in [0.1, 0.15) is 28.8 Å². The van der Waals surface area contributed by atoms with Crippen molar-refractivity contribution in [3.8, 4) is 56.9 Å². The highest BCUT2D eigenvalue weighted by molar-refractivity contribution is 6.54. The topological polar surface area (TPSA) is 85.7 Å². The van der Waals surface area contributed by atoms with Crippen LogP contribution in [0.3, 0.4) is 0 Å². The van der Waals surface area contributed by atoms with Gasteiger partial charge in [0.15, 0.2) is 0 Å². The second kappa shape index (κ2) is 16.4. The predicted molar refractivity (Wildman–Crippen MR) is 255 cm³/mol. The highest BCUT2D eigenvalue weighted by Crippen LogP contribution is 2.50. The Bertz CT molecular complexity index is 3210. The minimum absolute atomic E-state index is 0.370. The van der Waals surface area contributed by atoms with Crippen molar-refractivity contribution in [1.29, 1.82) is 0 Å². The first kappa shape index (κ1) is 39.0. The molecule has 20 rings (SSSR count). The molecule has 64 heavy (non-hydrogen) atoms. The molecule has 9 aromatic rings. The number of rotatable bonds is 4. The summed E-state index contributed by atoms with van der Waals surface area (Å²) in [5.74, 6) is 1.17. The Kier molecular flexibility index (Phi) is 10.00. The number of aromatic nitrogens is 2. The minimum atomic E-state index is -1.60. The van der Waals surface area contributed by atoms with Crippen molar-refractivity contribution in [1.82, 2.24) is 9.55 Å². The molecule has 0 saturated carbocycles. The van der Waals surface area contributed by atoms with Crippen LogP contribution in [0.2, 0.25) is 10.0 Å². The molecule has 0 atom stereocenters. The zero-order chi connectivity index (χ0) is 43.0. The van der Waals surface area contributed by atoms with E-state index in [2.05, 4.69) is 39.1 Å². The SMILES string of the molecule is Clc1cc2ccc1-c1nc(-c3ccccc3)c(-c3ccccc3)n1C1(N=C(c3ccccc3)C(c3ccccc3)=N1)c1ccc(cc1Cl)Oc1ccc(cc1)N=Nc1ccc(cc1)O2. The molecule has 8 nitrogen and oxygen atoms in total. The number of ether oxygens (including phenoxy) is 2. The van der Waals surface area contributed by atoms with E-state index in [9.17, 15) is 0 Å². The maximum Gasteiger partial charge on any atom is 0.263 e. The summed E-state index contributed by atoms with van der Waals surface area (Å²) in [7, 11) is 0. The lowest BCUT2D eigenvalue weighted by Crippen LogP contribution is -2.32. The third-order valence-electron chi connectivity index (χ3n) is 11.0. The van der Waals surface area contributed by atoms with Gasteiger partial charge < -0.3 is 9.47 Å². The third-order valence-corrected chi connectivity index (χ3v) is 11.7. The van der Waals surface area contributed by atoms with Crippen LogP contribution in [0.25, 0.3) is 33.9 Å². The van der Waals surface area contributed by atoms with E-state index < -0.39 is 5.79 Å².